The Bertz CT molecular complexity index is 1170. The predicted molar refractivity (Wildman–Crippen MR) is 132 cm³/mol. The van der Waals surface area contributed by atoms with Gasteiger partial charge in [-0.05, 0) is 60.9 Å². The first-order chi connectivity index (χ1) is 16.6. The van der Waals surface area contributed by atoms with Crippen molar-refractivity contribution >= 4 is 33.5 Å². The van der Waals surface area contributed by atoms with Crippen LogP contribution in [0.25, 0.3) is 0 Å². The summed E-state index contributed by atoms with van der Waals surface area (Å²) in [6.07, 6.45) is 5.64. The lowest BCUT2D eigenvalue weighted by atomic mass is 9.74. The summed E-state index contributed by atoms with van der Waals surface area (Å²) in [5.74, 6) is -1.31. The lowest BCUT2D eigenvalue weighted by Gasteiger charge is -2.48. The van der Waals surface area contributed by atoms with Crippen molar-refractivity contribution < 1.29 is 23.1 Å². The number of aromatic nitrogens is 1. The number of amides is 1. The Hall–Kier alpha value is -2.49. The van der Waals surface area contributed by atoms with Crippen LogP contribution in [0.4, 0.5) is 0 Å². The molecule has 10 heteroatoms. The molecule has 1 saturated heterocycles. The minimum absolute atomic E-state index is 0.0756. The molecule has 3 atom stereocenters. The molecule has 2 aromatic rings. The quantitative estimate of drug-likeness (QED) is 0.493. The van der Waals surface area contributed by atoms with Crippen LogP contribution in [0, 0.1) is 11.3 Å². The number of sulfonamides is 1. The van der Waals surface area contributed by atoms with Gasteiger partial charge in [-0.15, -0.1) is 0 Å². The number of aliphatic carboxylic acids is 1. The Labute approximate surface area is 210 Å². The molecule has 1 unspecified atom stereocenters. The van der Waals surface area contributed by atoms with E-state index < -0.39 is 21.4 Å². The lowest BCUT2D eigenvalue weighted by Crippen LogP contribution is -2.57. The van der Waals surface area contributed by atoms with E-state index in [1.54, 1.807) is 42.3 Å². The number of nitrogens with one attached hydrogen (secondary N) is 1. The Morgan fingerprint density at radius 3 is 2.57 bits per heavy atom. The van der Waals surface area contributed by atoms with Crippen molar-refractivity contribution in [2.45, 2.75) is 56.9 Å². The van der Waals surface area contributed by atoms with E-state index in [-0.39, 0.29) is 42.6 Å². The number of hydrogen-bond acceptors (Lipinski definition) is 5. The van der Waals surface area contributed by atoms with Crippen LogP contribution in [0.2, 0.25) is 5.02 Å². The highest BCUT2D eigenvalue weighted by Gasteiger charge is 2.50. The first-order valence-electron chi connectivity index (χ1n) is 11.7. The standard InChI is InChI=1S/C25H30ClN3O5S/c1-25(13-23(30)31)11-10-21(18-6-8-20(26)9-7-18)29(24(25)32)22(19-4-5-19)15-28-35(33,34)16-17-3-2-12-27-14-17/h2-3,6-9,12,14,19,21-22,28H,4-5,10-11,13,15-16H2,1H3,(H,30,31)/t21-,22?,25+/m0/s1. The Kier molecular flexibility index (Phi) is 7.49. The molecule has 8 nitrogen and oxygen atoms in total. The largest absolute Gasteiger partial charge is 0.481 e. The monoisotopic (exact) mass is 519 g/mol. The molecule has 1 aromatic carbocycles. The minimum Gasteiger partial charge on any atom is -0.481 e. The average Bonchev–Trinajstić information content (AvgIpc) is 3.63. The lowest BCUT2D eigenvalue weighted by molar-refractivity contribution is -0.159. The molecule has 1 aliphatic carbocycles. The van der Waals surface area contributed by atoms with Crippen LogP contribution in [-0.2, 0) is 25.4 Å². The van der Waals surface area contributed by atoms with Crippen LogP contribution in [0.5, 0.6) is 0 Å². The van der Waals surface area contributed by atoms with Gasteiger partial charge in [0.05, 0.1) is 23.6 Å². The zero-order valence-electron chi connectivity index (χ0n) is 19.6. The molecule has 2 N–H and O–H groups in total. The Morgan fingerprint density at radius 1 is 1.26 bits per heavy atom. The van der Waals surface area contributed by atoms with Crippen LogP contribution in [0.3, 0.4) is 0 Å². The second-order valence-electron chi connectivity index (χ2n) is 9.82. The van der Waals surface area contributed by atoms with Gasteiger partial charge in [-0.25, -0.2) is 13.1 Å². The minimum atomic E-state index is -3.67. The van der Waals surface area contributed by atoms with Gasteiger partial charge in [-0.1, -0.05) is 36.7 Å². The molecule has 1 saturated carbocycles. The molecule has 2 heterocycles. The maximum Gasteiger partial charge on any atom is 0.304 e. The summed E-state index contributed by atoms with van der Waals surface area (Å²) in [5, 5.41) is 10.1. The maximum atomic E-state index is 13.9. The van der Waals surface area contributed by atoms with Crippen LogP contribution in [-0.4, -0.2) is 47.9 Å². The van der Waals surface area contributed by atoms with Crippen LogP contribution < -0.4 is 4.72 Å². The number of carboxylic acid groups (broad SMARTS) is 1. The highest BCUT2D eigenvalue weighted by Crippen LogP contribution is 2.47. The first kappa shape index (κ1) is 25.6. The van der Waals surface area contributed by atoms with E-state index in [2.05, 4.69) is 9.71 Å². The number of hydrogen-bond donors (Lipinski definition) is 2. The summed E-state index contributed by atoms with van der Waals surface area (Å²) in [7, 11) is -3.67. The number of nitrogens with zero attached hydrogens (tertiary/aromatic N) is 2. The van der Waals surface area contributed by atoms with E-state index >= 15 is 0 Å². The third-order valence-corrected chi connectivity index (χ3v) is 8.54. The fourth-order valence-corrected chi connectivity index (χ4v) is 6.25. The van der Waals surface area contributed by atoms with Gasteiger partial charge in [0.15, 0.2) is 0 Å². The van der Waals surface area contributed by atoms with Gasteiger partial charge in [0.2, 0.25) is 15.9 Å². The summed E-state index contributed by atoms with van der Waals surface area (Å²) in [6.45, 7) is 1.78. The summed E-state index contributed by atoms with van der Waals surface area (Å²) in [5.41, 5.74) is 0.435. The summed E-state index contributed by atoms with van der Waals surface area (Å²) >= 11 is 6.08. The summed E-state index contributed by atoms with van der Waals surface area (Å²) in [4.78, 5) is 31.2. The molecule has 0 spiro atoms. The number of carboxylic acids is 1. The van der Waals surface area contributed by atoms with Gasteiger partial charge in [0, 0.05) is 30.0 Å². The molecule has 1 aliphatic heterocycles. The molecule has 35 heavy (non-hydrogen) atoms. The van der Waals surface area contributed by atoms with Gasteiger partial charge >= 0.3 is 5.97 Å². The number of benzene rings is 1. The van der Waals surface area contributed by atoms with E-state index in [1.807, 2.05) is 12.1 Å². The van der Waals surface area contributed by atoms with Crippen molar-refractivity contribution in [3.8, 4) is 0 Å². The van der Waals surface area contributed by atoms with Crippen molar-refractivity contribution in [1.82, 2.24) is 14.6 Å². The molecule has 188 valence electrons. The van der Waals surface area contributed by atoms with Crippen molar-refractivity contribution in [2.24, 2.45) is 11.3 Å². The molecule has 2 fully saturated rings. The highest BCUT2D eigenvalue weighted by molar-refractivity contribution is 7.88. The number of carbonyl (C=O) groups is 2. The van der Waals surface area contributed by atoms with Crippen LogP contribution >= 0.6 is 11.6 Å². The van der Waals surface area contributed by atoms with Gasteiger partial charge < -0.3 is 10.0 Å². The number of pyridine rings is 1. The second kappa shape index (κ2) is 10.2. The van der Waals surface area contributed by atoms with E-state index in [0.717, 1.165) is 18.4 Å². The van der Waals surface area contributed by atoms with Crippen molar-refractivity contribution in [1.29, 1.82) is 0 Å². The smallest absolute Gasteiger partial charge is 0.304 e. The van der Waals surface area contributed by atoms with E-state index in [1.165, 1.54) is 6.20 Å². The van der Waals surface area contributed by atoms with Gasteiger partial charge in [-0.2, -0.15) is 0 Å². The fourth-order valence-electron chi connectivity index (χ4n) is 4.99. The molecule has 0 radical (unpaired) electrons. The number of carbonyl (C=O) groups excluding carboxylic acids is 1. The third-order valence-electron chi connectivity index (χ3n) is 6.97. The number of rotatable bonds is 10. The number of halogens is 1. The fraction of sp³-hybridized carbons (Fsp3) is 0.480. The average molecular weight is 520 g/mol. The van der Waals surface area contributed by atoms with Crippen molar-refractivity contribution in [2.75, 3.05) is 6.54 Å². The first-order valence-corrected chi connectivity index (χ1v) is 13.8. The SMILES string of the molecule is C[C@]1(CC(=O)O)CC[C@@H](c2ccc(Cl)cc2)N(C(CNS(=O)(=O)Cc2cccnc2)C2CC2)C1=O. The Balaban J connectivity index is 1.61. The highest BCUT2D eigenvalue weighted by atomic mass is 35.5. The molecular formula is C25H30ClN3O5S. The summed E-state index contributed by atoms with van der Waals surface area (Å²) < 4.78 is 28.4. The third kappa shape index (κ3) is 6.20. The molecule has 2 aliphatic rings. The van der Waals surface area contributed by atoms with Crippen molar-refractivity contribution in [3.05, 3.63) is 64.9 Å². The summed E-state index contributed by atoms with van der Waals surface area (Å²) in [6, 6.07) is 10.0. The van der Waals surface area contributed by atoms with Crippen molar-refractivity contribution in [3.63, 3.8) is 0 Å². The van der Waals surface area contributed by atoms with E-state index in [4.69, 9.17) is 11.6 Å². The van der Waals surface area contributed by atoms with Crippen LogP contribution in [0.1, 0.15) is 56.2 Å². The Morgan fingerprint density at radius 2 is 1.97 bits per heavy atom. The van der Waals surface area contributed by atoms with E-state index in [9.17, 15) is 23.1 Å². The maximum absolute atomic E-state index is 13.9. The zero-order valence-corrected chi connectivity index (χ0v) is 21.1. The molecule has 1 aromatic heterocycles. The number of piperidine rings is 1. The normalized spacial score (nSPS) is 23.8. The topological polar surface area (TPSA) is 117 Å². The van der Waals surface area contributed by atoms with Gasteiger partial charge in [-0.3, -0.25) is 14.6 Å². The molecule has 1 amide bonds. The van der Waals surface area contributed by atoms with Gasteiger partial charge in [0.1, 0.15) is 0 Å². The molecule has 0 bridgehead atoms. The molecule has 4 rings (SSSR count). The predicted octanol–water partition coefficient (Wildman–Crippen LogP) is 3.78. The zero-order chi connectivity index (χ0) is 25.2. The molecular weight excluding hydrogens is 490 g/mol. The van der Waals surface area contributed by atoms with E-state index in [0.29, 0.717) is 23.4 Å². The number of likely N-dealkylation sites (tertiary alicyclic amines) is 1. The van der Waals surface area contributed by atoms with Gasteiger partial charge in [0.25, 0.3) is 0 Å². The second-order valence-corrected chi connectivity index (χ2v) is 12.1. The van der Waals surface area contributed by atoms with Crippen LogP contribution in [0.15, 0.2) is 48.8 Å².